The first kappa shape index (κ1) is 22.9. The quantitative estimate of drug-likeness (QED) is 0.338. The number of hydrogen-bond donors (Lipinski definition) is 1. The first-order valence-electron chi connectivity index (χ1n) is 13.1. The van der Waals surface area contributed by atoms with Gasteiger partial charge < -0.3 is 10.2 Å². The summed E-state index contributed by atoms with van der Waals surface area (Å²) in [5.41, 5.74) is 8.23. The minimum absolute atomic E-state index is 0.0691. The third-order valence-electron chi connectivity index (χ3n) is 7.52. The van der Waals surface area contributed by atoms with Gasteiger partial charge in [-0.1, -0.05) is 97.1 Å². The van der Waals surface area contributed by atoms with Crippen LogP contribution in [-0.2, 0) is 0 Å². The average Bonchev–Trinajstić information content (AvgIpc) is 3.35. The molecule has 1 N–H and O–H groups in total. The van der Waals surface area contributed by atoms with Gasteiger partial charge in [-0.2, -0.15) is 5.26 Å². The Kier molecular flexibility index (Phi) is 5.64. The van der Waals surface area contributed by atoms with Crippen LogP contribution in [0.4, 0.5) is 5.82 Å². The molecule has 1 aliphatic carbocycles. The second kappa shape index (κ2) is 9.59. The number of nitrogens with zero attached hydrogens (tertiary/aromatic N) is 4. The number of nitrogens with one attached hydrogen (secondary N) is 1. The van der Waals surface area contributed by atoms with Crippen LogP contribution in [0.5, 0.6) is 0 Å². The largest absolute Gasteiger partial charge is 0.361 e. The number of allylic oxidation sites excluding steroid dienone is 3. The Morgan fingerprint density at radius 2 is 1.56 bits per heavy atom. The Hall–Kier alpha value is -5.21. The van der Waals surface area contributed by atoms with E-state index in [9.17, 15) is 5.26 Å². The van der Waals surface area contributed by atoms with Gasteiger partial charge in [0.1, 0.15) is 12.0 Å². The van der Waals surface area contributed by atoms with Gasteiger partial charge in [-0.25, -0.2) is 4.98 Å². The van der Waals surface area contributed by atoms with Crippen molar-refractivity contribution in [1.82, 2.24) is 10.3 Å². The van der Waals surface area contributed by atoms with Crippen molar-refractivity contribution in [2.45, 2.75) is 12.2 Å². The van der Waals surface area contributed by atoms with Crippen molar-refractivity contribution in [1.29, 1.82) is 5.26 Å². The fourth-order valence-electron chi connectivity index (χ4n) is 5.60. The van der Waals surface area contributed by atoms with Crippen molar-refractivity contribution < 1.29 is 0 Å². The third-order valence-corrected chi connectivity index (χ3v) is 7.52. The summed E-state index contributed by atoms with van der Waals surface area (Å²) in [6.07, 6.45) is 8.74. The second-order valence-corrected chi connectivity index (χ2v) is 9.84. The SMILES string of the molecule is N#Cc1ccc(-c2cccc(N3C4=C(NC(c5ccccc5)N=C4)C4C=C(c5ccccc5)C=CC43)n2)cc1. The number of nitriles is 1. The van der Waals surface area contributed by atoms with E-state index in [2.05, 4.69) is 89.1 Å². The van der Waals surface area contributed by atoms with Crippen LogP contribution in [0.3, 0.4) is 0 Å². The van der Waals surface area contributed by atoms with E-state index in [1.54, 1.807) is 0 Å². The molecule has 0 bridgehead atoms. The summed E-state index contributed by atoms with van der Waals surface area (Å²) in [4.78, 5) is 12.3. The molecule has 0 radical (unpaired) electrons. The fourth-order valence-corrected chi connectivity index (χ4v) is 5.60. The van der Waals surface area contributed by atoms with Crippen LogP contribution in [0.1, 0.15) is 22.9 Å². The number of fused-ring (bicyclic) bond motifs is 2. The molecule has 0 amide bonds. The van der Waals surface area contributed by atoms with Crippen LogP contribution >= 0.6 is 0 Å². The molecule has 3 aromatic carbocycles. The number of benzene rings is 3. The van der Waals surface area contributed by atoms with Gasteiger partial charge >= 0.3 is 0 Å². The normalized spacial score (nSPS) is 21.1. The highest BCUT2D eigenvalue weighted by atomic mass is 15.3. The topological polar surface area (TPSA) is 64.3 Å². The number of anilines is 1. The summed E-state index contributed by atoms with van der Waals surface area (Å²) in [5, 5.41) is 12.9. The minimum atomic E-state index is -0.136. The second-order valence-electron chi connectivity index (χ2n) is 9.84. The lowest BCUT2D eigenvalue weighted by molar-refractivity contribution is 0.560. The first-order chi connectivity index (χ1) is 19.3. The summed E-state index contributed by atoms with van der Waals surface area (Å²) < 4.78 is 0. The van der Waals surface area contributed by atoms with Crippen LogP contribution in [0.25, 0.3) is 16.8 Å². The van der Waals surface area contributed by atoms with Crippen molar-refractivity contribution in [2.75, 3.05) is 4.90 Å². The maximum atomic E-state index is 9.18. The molecule has 3 aliphatic rings. The fraction of sp³-hybridized carbons (Fsp3) is 0.0882. The highest BCUT2D eigenvalue weighted by Crippen LogP contribution is 2.43. The molecule has 0 spiro atoms. The average molecular weight is 504 g/mol. The minimum Gasteiger partial charge on any atom is -0.361 e. The van der Waals surface area contributed by atoms with Gasteiger partial charge in [0, 0.05) is 23.4 Å². The van der Waals surface area contributed by atoms with Crippen LogP contribution < -0.4 is 10.2 Å². The molecule has 186 valence electrons. The summed E-state index contributed by atoms with van der Waals surface area (Å²) in [7, 11) is 0. The van der Waals surface area contributed by atoms with Crippen molar-refractivity contribution in [2.24, 2.45) is 10.9 Å². The standard InChI is InChI=1S/C34H25N5/c35-21-23-14-16-25(17-15-23)29-12-7-13-32(37-29)39-30-19-18-27(24-8-3-1-4-9-24)20-28(30)33-31(39)22-36-34(38-33)26-10-5-2-6-11-26/h1-20,22,28,30,34,38H. The van der Waals surface area contributed by atoms with E-state index < -0.39 is 0 Å². The van der Waals surface area contributed by atoms with Crippen LogP contribution in [-0.4, -0.2) is 17.2 Å². The molecule has 0 saturated heterocycles. The third kappa shape index (κ3) is 4.13. The van der Waals surface area contributed by atoms with Crippen molar-refractivity contribution in [3.05, 3.63) is 149 Å². The summed E-state index contributed by atoms with van der Waals surface area (Å²) in [5.74, 6) is 0.989. The highest BCUT2D eigenvalue weighted by Gasteiger charge is 2.42. The van der Waals surface area contributed by atoms with Gasteiger partial charge in [-0.05, 0) is 41.0 Å². The van der Waals surface area contributed by atoms with E-state index in [1.165, 1.54) is 11.1 Å². The lowest BCUT2D eigenvalue weighted by atomic mass is 9.87. The van der Waals surface area contributed by atoms with Crippen molar-refractivity contribution >= 4 is 17.6 Å². The molecule has 39 heavy (non-hydrogen) atoms. The van der Waals surface area contributed by atoms with Crippen LogP contribution in [0.2, 0.25) is 0 Å². The summed E-state index contributed by atoms with van der Waals surface area (Å²) in [6, 6.07) is 36.8. The maximum absolute atomic E-state index is 9.18. The van der Waals surface area contributed by atoms with Crippen LogP contribution in [0, 0.1) is 17.2 Å². The predicted octanol–water partition coefficient (Wildman–Crippen LogP) is 6.66. The molecule has 1 aromatic heterocycles. The van der Waals surface area contributed by atoms with E-state index in [1.807, 2.05) is 54.7 Å². The Bertz CT molecular complexity index is 1690. The summed E-state index contributed by atoms with van der Waals surface area (Å²) in [6.45, 7) is 0. The maximum Gasteiger partial charge on any atom is 0.144 e. The van der Waals surface area contributed by atoms with Gasteiger partial charge in [0.15, 0.2) is 0 Å². The zero-order valence-electron chi connectivity index (χ0n) is 21.1. The molecule has 4 aromatic rings. The van der Waals surface area contributed by atoms with E-state index in [-0.39, 0.29) is 18.1 Å². The van der Waals surface area contributed by atoms with E-state index in [4.69, 9.17) is 9.98 Å². The number of rotatable bonds is 4. The van der Waals surface area contributed by atoms with E-state index >= 15 is 0 Å². The van der Waals surface area contributed by atoms with Gasteiger partial charge in [0.05, 0.1) is 29.1 Å². The molecule has 5 heteroatoms. The zero-order valence-corrected chi connectivity index (χ0v) is 21.1. The van der Waals surface area contributed by atoms with Gasteiger partial charge in [-0.3, -0.25) is 4.99 Å². The lowest BCUT2D eigenvalue weighted by Gasteiger charge is -2.30. The molecule has 5 nitrogen and oxygen atoms in total. The molecule has 7 rings (SSSR count). The number of hydrogen-bond acceptors (Lipinski definition) is 5. The number of aromatic nitrogens is 1. The summed E-state index contributed by atoms with van der Waals surface area (Å²) >= 11 is 0. The van der Waals surface area contributed by atoms with E-state index in [0.29, 0.717) is 5.56 Å². The number of pyridine rings is 1. The Morgan fingerprint density at radius 3 is 2.33 bits per heavy atom. The molecule has 0 saturated carbocycles. The molecule has 3 atom stereocenters. The molecular formula is C34H25N5. The lowest BCUT2D eigenvalue weighted by Crippen LogP contribution is -2.34. The first-order valence-corrected chi connectivity index (χ1v) is 13.1. The zero-order chi connectivity index (χ0) is 26.2. The van der Waals surface area contributed by atoms with Crippen molar-refractivity contribution in [3.8, 4) is 17.3 Å². The van der Waals surface area contributed by atoms with Gasteiger partial charge in [-0.15, -0.1) is 0 Å². The molecule has 3 heterocycles. The monoisotopic (exact) mass is 503 g/mol. The van der Waals surface area contributed by atoms with Gasteiger partial charge in [0.25, 0.3) is 0 Å². The smallest absolute Gasteiger partial charge is 0.144 e. The molecular weight excluding hydrogens is 478 g/mol. The molecule has 2 aliphatic heterocycles. The molecule has 3 unspecified atom stereocenters. The number of aliphatic imine (C=N–C) groups is 1. The Labute approximate surface area is 227 Å². The van der Waals surface area contributed by atoms with Crippen LogP contribution in [0.15, 0.2) is 138 Å². The Balaban J connectivity index is 1.30. The van der Waals surface area contributed by atoms with Gasteiger partial charge in [0.2, 0.25) is 0 Å². The van der Waals surface area contributed by atoms with E-state index in [0.717, 1.165) is 34.0 Å². The predicted molar refractivity (Wildman–Crippen MR) is 156 cm³/mol. The molecule has 0 fully saturated rings. The highest BCUT2D eigenvalue weighted by molar-refractivity contribution is 5.90. The van der Waals surface area contributed by atoms with Crippen molar-refractivity contribution in [3.63, 3.8) is 0 Å². The Morgan fingerprint density at radius 1 is 0.795 bits per heavy atom.